The summed E-state index contributed by atoms with van der Waals surface area (Å²) in [6, 6.07) is 29.9. The van der Waals surface area contributed by atoms with Crippen LogP contribution in [0.3, 0.4) is 0 Å². The minimum Gasteiger partial charge on any atom is -0.340 e. The van der Waals surface area contributed by atoms with Crippen molar-refractivity contribution in [3.8, 4) is 0 Å². The second-order valence-electron chi connectivity index (χ2n) is 10.5. The van der Waals surface area contributed by atoms with Gasteiger partial charge in [-0.05, 0) is 74.3 Å². The molecule has 0 atom stereocenters. The van der Waals surface area contributed by atoms with Crippen LogP contribution in [0.2, 0.25) is 0 Å². The Balaban J connectivity index is 1.39. The van der Waals surface area contributed by atoms with Gasteiger partial charge in [0.1, 0.15) is 0 Å². The molecule has 41 heavy (non-hydrogen) atoms. The van der Waals surface area contributed by atoms with Gasteiger partial charge < -0.3 is 10.2 Å². The van der Waals surface area contributed by atoms with E-state index in [4.69, 9.17) is 17.2 Å². The monoisotopic (exact) mass is 563 g/mol. The van der Waals surface area contributed by atoms with Crippen LogP contribution in [0.15, 0.2) is 89.9 Å². The molecule has 0 radical (unpaired) electrons. The van der Waals surface area contributed by atoms with E-state index in [9.17, 15) is 0 Å². The van der Waals surface area contributed by atoms with Crippen LogP contribution in [-0.4, -0.2) is 57.0 Å². The molecule has 5 rings (SSSR count). The van der Waals surface area contributed by atoms with Crippen molar-refractivity contribution in [2.45, 2.75) is 33.7 Å². The first-order valence-corrected chi connectivity index (χ1v) is 14.4. The fraction of sp³-hybridized carbons (Fsp3) is 0.273. The largest absolute Gasteiger partial charge is 0.340 e. The Kier molecular flexibility index (Phi) is 9.01. The van der Waals surface area contributed by atoms with E-state index in [-0.39, 0.29) is 6.04 Å². The number of aliphatic imine (C=N–C) groups is 1. The smallest absolute Gasteiger partial charge is 0.229 e. The number of anilines is 2. The van der Waals surface area contributed by atoms with Crippen LogP contribution in [-0.2, 0) is 0 Å². The summed E-state index contributed by atoms with van der Waals surface area (Å²) in [4.78, 5) is 18.8. The molecule has 210 valence electrons. The van der Waals surface area contributed by atoms with Gasteiger partial charge in [0.15, 0.2) is 0 Å². The van der Waals surface area contributed by atoms with Gasteiger partial charge in [-0.1, -0.05) is 72.8 Å². The summed E-state index contributed by atoms with van der Waals surface area (Å²) in [6.45, 7) is 11.3. The van der Waals surface area contributed by atoms with E-state index in [2.05, 4.69) is 123 Å². The van der Waals surface area contributed by atoms with Crippen LogP contribution in [0.25, 0.3) is 0 Å². The number of guanidine groups is 1. The van der Waals surface area contributed by atoms with Crippen molar-refractivity contribution >= 4 is 34.9 Å². The number of thiocarbonyl (C=S) groups is 1. The first kappa shape index (κ1) is 28.4. The molecule has 0 spiro atoms. The van der Waals surface area contributed by atoms with Crippen molar-refractivity contribution in [2.75, 3.05) is 36.8 Å². The lowest BCUT2D eigenvalue weighted by molar-refractivity contribution is 0.150. The van der Waals surface area contributed by atoms with E-state index in [1.807, 2.05) is 19.9 Å². The highest BCUT2D eigenvalue weighted by molar-refractivity contribution is 7.80. The Morgan fingerprint density at radius 1 is 0.756 bits per heavy atom. The van der Waals surface area contributed by atoms with E-state index >= 15 is 0 Å². The maximum atomic E-state index is 5.73. The molecular formula is C33H37N7S. The van der Waals surface area contributed by atoms with Crippen LogP contribution in [0.4, 0.5) is 11.6 Å². The Hall–Kier alpha value is -4.14. The van der Waals surface area contributed by atoms with Crippen molar-refractivity contribution in [1.82, 2.24) is 19.8 Å². The van der Waals surface area contributed by atoms with E-state index < -0.39 is 0 Å². The van der Waals surface area contributed by atoms with Gasteiger partial charge in [-0.15, -0.1) is 0 Å². The predicted molar refractivity (Wildman–Crippen MR) is 173 cm³/mol. The molecule has 1 aliphatic rings. The molecule has 0 bridgehead atoms. The Labute approximate surface area is 248 Å². The fourth-order valence-electron chi connectivity index (χ4n) is 5.25. The van der Waals surface area contributed by atoms with Gasteiger partial charge in [-0.25, -0.2) is 9.97 Å². The highest BCUT2D eigenvalue weighted by atomic mass is 32.1. The van der Waals surface area contributed by atoms with E-state index in [0.717, 1.165) is 54.4 Å². The maximum Gasteiger partial charge on any atom is 0.229 e. The zero-order chi connectivity index (χ0) is 28.8. The average molecular weight is 564 g/mol. The maximum absolute atomic E-state index is 5.73. The van der Waals surface area contributed by atoms with Crippen LogP contribution >= 0.6 is 12.2 Å². The van der Waals surface area contributed by atoms with Gasteiger partial charge in [0.2, 0.25) is 17.0 Å². The third kappa shape index (κ3) is 7.34. The third-order valence-electron chi connectivity index (χ3n) is 7.26. The number of aryl methyl sites for hydroxylation is 4. The number of aromatic nitrogens is 2. The van der Waals surface area contributed by atoms with Crippen LogP contribution in [0.1, 0.15) is 39.7 Å². The molecule has 0 amide bonds. The lowest BCUT2D eigenvalue weighted by Crippen LogP contribution is -2.52. The zero-order valence-electron chi connectivity index (χ0n) is 24.1. The van der Waals surface area contributed by atoms with E-state index in [0.29, 0.717) is 17.0 Å². The van der Waals surface area contributed by atoms with E-state index in [1.165, 1.54) is 11.1 Å². The van der Waals surface area contributed by atoms with Gasteiger partial charge in [0.05, 0.1) is 6.04 Å². The lowest BCUT2D eigenvalue weighted by atomic mass is 9.96. The molecule has 1 aromatic heterocycles. The van der Waals surface area contributed by atoms with Crippen molar-refractivity contribution in [2.24, 2.45) is 4.99 Å². The highest BCUT2D eigenvalue weighted by Gasteiger charge is 2.28. The minimum absolute atomic E-state index is 0.183. The summed E-state index contributed by atoms with van der Waals surface area (Å²) in [6.07, 6.45) is 0. The van der Waals surface area contributed by atoms with Gasteiger partial charge >= 0.3 is 0 Å². The van der Waals surface area contributed by atoms with Crippen molar-refractivity contribution in [1.29, 1.82) is 0 Å². The molecule has 4 aromatic rings. The number of rotatable bonds is 5. The molecular weight excluding hydrogens is 526 g/mol. The van der Waals surface area contributed by atoms with Crippen molar-refractivity contribution < 1.29 is 0 Å². The third-order valence-corrected chi connectivity index (χ3v) is 7.45. The van der Waals surface area contributed by atoms with Gasteiger partial charge in [-0.2, -0.15) is 4.99 Å². The molecule has 1 saturated heterocycles. The molecule has 0 saturated carbocycles. The molecule has 1 aliphatic heterocycles. The molecule has 3 aromatic carbocycles. The molecule has 0 aliphatic carbocycles. The molecule has 2 heterocycles. The van der Waals surface area contributed by atoms with E-state index in [1.54, 1.807) is 0 Å². The predicted octanol–water partition coefficient (Wildman–Crippen LogP) is 6.28. The van der Waals surface area contributed by atoms with Crippen molar-refractivity contribution in [3.05, 3.63) is 119 Å². The Morgan fingerprint density at radius 2 is 1.34 bits per heavy atom. The number of piperazine rings is 1. The summed E-state index contributed by atoms with van der Waals surface area (Å²) < 4.78 is 0. The Bertz CT molecular complexity index is 1450. The summed E-state index contributed by atoms with van der Waals surface area (Å²) in [5.74, 6) is 1.16. The van der Waals surface area contributed by atoms with Crippen LogP contribution in [0.5, 0.6) is 0 Å². The first-order valence-electron chi connectivity index (χ1n) is 14.0. The molecule has 0 unspecified atom stereocenters. The summed E-state index contributed by atoms with van der Waals surface area (Å²) in [7, 11) is 0. The summed E-state index contributed by atoms with van der Waals surface area (Å²) >= 11 is 5.73. The molecule has 1 fully saturated rings. The van der Waals surface area contributed by atoms with Crippen LogP contribution < -0.4 is 10.6 Å². The zero-order valence-corrected chi connectivity index (χ0v) is 24.9. The Morgan fingerprint density at radius 3 is 1.93 bits per heavy atom. The first-order chi connectivity index (χ1) is 19.9. The highest BCUT2D eigenvalue weighted by Crippen LogP contribution is 2.29. The quantitative estimate of drug-likeness (QED) is 0.168. The minimum atomic E-state index is 0.183. The normalized spacial score (nSPS) is 14.3. The van der Waals surface area contributed by atoms with Gasteiger partial charge in [0, 0.05) is 43.3 Å². The number of benzene rings is 3. The summed E-state index contributed by atoms with van der Waals surface area (Å²) in [5.41, 5.74) is 7.61. The molecule has 7 nitrogen and oxygen atoms in total. The van der Waals surface area contributed by atoms with Crippen LogP contribution in [0, 0.1) is 27.7 Å². The molecule has 2 N–H and O–H groups in total. The standard InChI is InChI=1S/C33H37N7S/c1-23-15-16-24(2)29(21-23)36-33(41)38-32(37-31-34-25(3)22-26(4)35-31)40-19-17-39(18-20-40)30(27-11-7-5-8-12-27)28-13-9-6-10-14-28/h5-16,21-22,30H,17-20H2,1-4H3,(H2,34,35,36,37,38,41). The summed E-state index contributed by atoms with van der Waals surface area (Å²) in [5, 5.41) is 7.10. The number of nitrogens with one attached hydrogen (secondary N) is 2. The van der Waals surface area contributed by atoms with Gasteiger partial charge in [-0.3, -0.25) is 10.2 Å². The number of hydrogen-bond acceptors (Lipinski definition) is 4. The average Bonchev–Trinajstić information content (AvgIpc) is 2.96. The second-order valence-corrected chi connectivity index (χ2v) is 10.9. The fourth-order valence-corrected chi connectivity index (χ4v) is 5.44. The second kappa shape index (κ2) is 13.0. The van der Waals surface area contributed by atoms with Gasteiger partial charge in [0.25, 0.3) is 0 Å². The number of hydrogen-bond donors (Lipinski definition) is 2. The van der Waals surface area contributed by atoms with Crippen molar-refractivity contribution in [3.63, 3.8) is 0 Å². The number of nitrogens with zero attached hydrogens (tertiary/aromatic N) is 5. The lowest BCUT2D eigenvalue weighted by Gasteiger charge is -2.40. The molecule has 8 heteroatoms. The SMILES string of the molecule is Cc1ccc(C)c(NC(=S)/N=C(/Nc2nc(C)cc(C)n2)N2CCN(C(c3ccccc3)c3ccccc3)CC2)c1. The topological polar surface area (TPSA) is 68.7 Å².